The van der Waals surface area contributed by atoms with Gasteiger partial charge in [0.25, 0.3) is 0 Å². The van der Waals surface area contributed by atoms with E-state index in [-0.39, 0.29) is 0 Å². The Balaban J connectivity index is 1.91. The van der Waals surface area contributed by atoms with Crippen LogP contribution in [0.15, 0.2) is 42.6 Å². The van der Waals surface area contributed by atoms with Gasteiger partial charge in [0.05, 0.1) is 0 Å². The molecule has 0 fully saturated rings. The zero-order valence-corrected chi connectivity index (χ0v) is 11.4. The summed E-state index contributed by atoms with van der Waals surface area (Å²) in [6.45, 7) is 3.43. The van der Waals surface area contributed by atoms with E-state index < -0.39 is 11.8 Å². The molecule has 0 unspecified atom stereocenters. The molecule has 2 aromatic rings. The standard InChI is InChI=1S/C16H15NO3/c1-16(2)19-14-9-12(8-11-6-4-3-5-7-11)17-10-13(14)15(18)20-16/h3-7,9-10H,8H2,1-2H3. The van der Waals surface area contributed by atoms with Crippen molar-refractivity contribution >= 4 is 5.97 Å². The Kier molecular flexibility index (Phi) is 2.93. The Morgan fingerprint density at radius 3 is 2.65 bits per heavy atom. The molecule has 0 saturated carbocycles. The maximum absolute atomic E-state index is 11.8. The summed E-state index contributed by atoms with van der Waals surface area (Å²) in [6, 6.07) is 11.9. The number of rotatable bonds is 2. The summed E-state index contributed by atoms with van der Waals surface area (Å²) in [5.74, 6) is -0.794. The molecule has 3 rings (SSSR count). The van der Waals surface area contributed by atoms with E-state index in [0.29, 0.717) is 17.7 Å². The number of carbonyl (C=O) groups excluding carboxylic acids is 1. The molecule has 1 aromatic heterocycles. The molecular weight excluding hydrogens is 254 g/mol. The van der Waals surface area contributed by atoms with Crippen molar-refractivity contribution in [1.29, 1.82) is 0 Å². The SMILES string of the molecule is CC1(C)OC(=O)c2cnc(Cc3ccccc3)cc2O1. The Morgan fingerprint density at radius 1 is 1.15 bits per heavy atom. The van der Waals surface area contributed by atoms with E-state index in [1.807, 2.05) is 36.4 Å². The second-order valence-electron chi connectivity index (χ2n) is 5.23. The molecular formula is C16H15NO3. The van der Waals surface area contributed by atoms with Crippen LogP contribution in [0.5, 0.6) is 5.75 Å². The molecule has 1 aliphatic rings. The number of hydrogen-bond donors (Lipinski definition) is 0. The first-order valence-electron chi connectivity index (χ1n) is 6.49. The minimum atomic E-state index is -0.935. The normalized spacial score (nSPS) is 16.0. The molecule has 0 atom stereocenters. The van der Waals surface area contributed by atoms with Gasteiger partial charge in [0, 0.05) is 38.2 Å². The molecule has 20 heavy (non-hydrogen) atoms. The van der Waals surface area contributed by atoms with Crippen molar-refractivity contribution in [2.24, 2.45) is 0 Å². The highest BCUT2D eigenvalue weighted by atomic mass is 16.7. The molecule has 0 N–H and O–H groups in total. The number of hydrogen-bond acceptors (Lipinski definition) is 4. The third-order valence-electron chi connectivity index (χ3n) is 3.06. The number of esters is 1. The van der Waals surface area contributed by atoms with Crippen molar-refractivity contribution in [2.75, 3.05) is 0 Å². The molecule has 2 heterocycles. The second-order valence-corrected chi connectivity index (χ2v) is 5.23. The van der Waals surface area contributed by atoms with Crippen LogP contribution in [0.2, 0.25) is 0 Å². The molecule has 4 nitrogen and oxygen atoms in total. The molecule has 4 heteroatoms. The van der Waals surface area contributed by atoms with Crippen LogP contribution in [-0.2, 0) is 11.2 Å². The van der Waals surface area contributed by atoms with Crippen molar-refractivity contribution in [1.82, 2.24) is 4.98 Å². The Labute approximate surface area is 117 Å². The summed E-state index contributed by atoms with van der Waals surface area (Å²) in [6.07, 6.45) is 2.22. The number of benzene rings is 1. The summed E-state index contributed by atoms with van der Waals surface area (Å²) in [7, 11) is 0. The van der Waals surface area contributed by atoms with E-state index in [9.17, 15) is 4.79 Å². The Morgan fingerprint density at radius 2 is 1.90 bits per heavy atom. The van der Waals surface area contributed by atoms with Crippen LogP contribution in [0, 0.1) is 0 Å². The monoisotopic (exact) mass is 269 g/mol. The fourth-order valence-corrected chi connectivity index (χ4v) is 2.18. The van der Waals surface area contributed by atoms with Gasteiger partial charge < -0.3 is 9.47 Å². The first-order valence-corrected chi connectivity index (χ1v) is 6.49. The lowest BCUT2D eigenvalue weighted by molar-refractivity contribution is -0.127. The summed E-state index contributed by atoms with van der Waals surface area (Å²) in [5.41, 5.74) is 2.40. The van der Waals surface area contributed by atoms with Crippen LogP contribution in [0.1, 0.15) is 35.5 Å². The van der Waals surface area contributed by atoms with Gasteiger partial charge in [-0.05, 0) is 5.56 Å². The van der Waals surface area contributed by atoms with Crippen LogP contribution in [0.3, 0.4) is 0 Å². The lowest BCUT2D eigenvalue weighted by Crippen LogP contribution is -2.39. The average Bonchev–Trinajstić information content (AvgIpc) is 2.38. The maximum atomic E-state index is 11.8. The summed E-state index contributed by atoms with van der Waals surface area (Å²) in [4.78, 5) is 16.1. The lowest BCUT2D eigenvalue weighted by atomic mass is 10.1. The van der Waals surface area contributed by atoms with E-state index in [2.05, 4.69) is 4.98 Å². The van der Waals surface area contributed by atoms with Crippen molar-refractivity contribution in [3.63, 3.8) is 0 Å². The van der Waals surface area contributed by atoms with Gasteiger partial charge in [0.2, 0.25) is 5.79 Å². The first-order chi connectivity index (χ1) is 9.53. The zero-order valence-electron chi connectivity index (χ0n) is 11.4. The Hall–Kier alpha value is -2.36. The fraction of sp³-hybridized carbons (Fsp3) is 0.250. The molecule has 0 aliphatic carbocycles. The van der Waals surface area contributed by atoms with Gasteiger partial charge in [0.1, 0.15) is 11.3 Å². The summed E-state index contributed by atoms with van der Waals surface area (Å²) in [5, 5.41) is 0. The topological polar surface area (TPSA) is 48.4 Å². The van der Waals surface area contributed by atoms with Crippen LogP contribution in [0.25, 0.3) is 0 Å². The summed E-state index contributed by atoms with van der Waals surface area (Å²) < 4.78 is 10.8. The van der Waals surface area contributed by atoms with Gasteiger partial charge in [-0.1, -0.05) is 30.3 Å². The van der Waals surface area contributed by atoms with E-state index in [4.69, 9.17) is 9.47 Å². The highest BCUT2D eigenvalue weighted by molar-refractivity contribution is 5.93. The zero-order chi connectivity index (χ0) is 14.2. The number of carbonyl (C=O) groups is 1. The molecule has 0 bridgehead atoms. The average molecular weight is 269 g/mol. The second kappa shape index (κ2) is 4.63. The van der Waals surface area contributed by atoms with Crippen LogP contribution in [-0.4, -0.2) is 16.7 Å². The molecule has 1 aliphatic heterocycles. The predicted octanol–water partition coefficient (Wildman–Crippen LogP) is 2.96. The van der Waals surface area contributed by atoms with Gasteiger partial charge in [-0.15, -0.1) is 0 Å². The third-order valence-corrected chi connectivity index (χ3v) is 3.06. The number of ether oxygens (including phenoxy) is 2. The molecule has 0 saturated heterocycles. The number of nitrogens with zero attached hydrogens (tertiary/aromatic N) is 1. The van der Waals surface area contributed by atoms with E-state index in [1.54, 1.807) is 13.8 Å². The Bertz CT molecular complexity index is 650. The highest BCUT2D eigenvalue weighted by Crippen LogP contribution is 2.31. The van der Waals surface area contributed by atoms with Gasteiger partial charge in [-0.25, -0.2) is 4.79 Å². The van der Waals surface area contributed by atoms with Crippen molar-refractivity contribution < 1.29 is 14.3 Å². The van der Waals surface area contributed by atoms with E-state index in [0.717, 1.165) is 11.3 Å². The van der Waals surface area contributed by atoms with E-state index in [1.165, 1.54) is 6.20 Å². The fourth-order valence-electron chi connectivity index (χ4n) is 2.18. The van der Waals surface area contributed by atoms with Gasteiger partial charge in [-0.3, -0.25) is 4.98 Å². The summed E-state index contributed by atoms with van der Waals surface area (Å²) >= 11 is 0. The lowest BCUT2D eigenvalue weighted by Gasteiger charge is -2.31. The largest absolute Gasteiger partial charge is 0.452 e. The first kappa shape index (κ1) is 12.7. The van der Waals surface area contributed by atoms with Crippen molar-refractivity contribution in [3.8, 4) is 5.75 Å². The third kappa shape index (κ3) is 2.50. The van der Waals surface area contributed by atoms with Crippen molar-refractivity contribution in [3.05, 3.63) is 59.4 Å². The van der Waals surface area contributed by atoms with Gasteiger partial charge >= 0.3 is 5.97 Å². The van der Waals surface area contributed by atoms with Crippen molar-refractivity contribution in [2.45, 2.75) is 26.1 Å². The minimum absolute atomic E-state index is 0.376. The molecule has 102 valence electrons. The minimum Gasteiger partial charge on any atom is -0.452 e. The number of cyclic esters (lactones) is 1. The number of aromatic nitrogens is 1. The van der Waals surface area contributed by atoms with Gasteiger partial charge in [-0.2, -0.15) is 0 Å². The van der Waals surface area contributed by atoms with E-state index >= 15 is 0 Å². The molecule has 0 spiro atoms. The number of fused-ring (bicyclic) bond motifs is 1. The molecule has 1 aromatic carbocycles. The highest BCUT2D eigenvalue weighted by Gasteiger charge is 2.34. The van der Waals surface area contributed by atoms with Gasteiger partial charge in [0.15, 0.2) is 0 Å². The quantitative estimate of drug-likeness (QED) is 0.786. The molecule has 0 radical (unpaired) electrons. The number of pyridine rings is 1. The van der Waals surface area contributed by atoms with Crippen LogP contribution in [0.4, 0.5) is 0 Å². The predicted molar refractivity (Wildman–Crippen MR) is 73.6 cm³/mol. The smallest absolute Gasteiger partial charge is 0.346 e. The van der Waals surface area contributed by atoms with Crippen LogP contribution < -0.4 is 4.74 Å². The molecule has 0 amide bonds. The maximum Gasteiger partial charge on any atom is 0.346 e. The van der Waals surface area contributed by atoms with Crippen LogP contribution >= 0.6 is 0 Å².